The predicted octanol–water partition coefficient (Wildman–Crippen LogP) is 3.69. The smallest absolute Gasteiger partial charge is 0.428 e. The molecule has 0 radical (unpaired) electrons. The topological polar surface area (TPSA) is 79.4 Å². The number of hydrogen-bond acceptors (Lipinski definition) is 4. The third kappa shape index (κ3) is 2.87. The van der Waals surface area contributed by atoms with Crippen molar-refractivity contribution < 1.29 is 22.7 Å². The quantitative estimate of drug-likeness (QED) is 0.731. The fourth-order valence-corrected chi connectivity index (χ4v) is 2.77. The van der Waals surface area contributed by atoms with E-state index in [-0.39, 0.29) is 23.4 Å². The Morgan fingerprint density at radius 1 is 1.08 bits per heavy atom. The van der Waals surface area contributed by atoms with Crippen molar-refractivity contribution in [2.24, 2.45) is 5.10 Å². The van der Waals surface area contributed by atoms with Gasteiger partial charge in [-0.25, -0.2) is 10.2 Å². The second-order valence-electron chi connectivity index (χ2n) is 5.68. The summed E-state index contributed by atoms with van der Waals surface area (Å²) < 4.78 is 45.7. The summed E-state index contributed by atoms with van der Waals surface area (Å²) in [5, 5.41) is 11.2. The summed E-state index contributed by atoms with van der Waals surface area (Å²) in [5.41, 5.74) is 2.83. The van der Waals surface area contributed by atoms with Crippen LogP contribution < -0.4 is 5.43 Å². The van der Waals surface area contributed by atoms with E-state index < -0.39 is 17.8 Å². The maximum absolute atomic E-state index is 13.6. The summed E-state index contributed by atoms with van der Waals surface area (Å²) in [6.45, 7) is -0.192. The first-order valence-electron chi connectivity index (χ1n) is 7.56. The van der Waals surface area contributed by atoms with Crippen LogP contribution in [-0.2, 0) is 10.9 Å². The number of H-pyrrole nitrogens is 1. The minimum atomic E-state index is -4.56. The number of rotatable bonds is 2. The highest BCUT2D eigenvalue weighted by molar-refractivity contribution is 6.04. The van der Waals surface area contributed by atoms with Crippen LogP contribution in [0.25, 0.3) is 22.0 Å². The first-order valence-corrected chi connectivity index (χ1v) is 7.56. The number of nitrogens with one attached hydrogen (secondary N) is 2. The van der Waals surface area contributed by atoms with E-state index in [2.05, 4.69) is 20.7 Å². The number of halogens is 3. The normalized spacial score (nSPS) is 14.7. The minimum absolute atomic E-state index is 0.0408. The van der Waals surface area contributed by atoms with Crippen LogP contribution in [0.2, 0.25) is 0 Å². The van der Waals surface area contributed by atoms with Gasteiger partial charge in [0.1, 0.15) is 12.3 Å². The molecule has 9 heteroatoms. The number of benzene rings is 2. The zero-order valence-electron chi connectivity index (χ0n) is 13.1. The number of aromatic amines is 1. The number of ether oxygens (including phenoxy) is 1. The average molecular weight is 360 g/mol. The van der Waals surface area contributed by atoms with Crippen LogP contribution in [0.4, 0.5) is 18.0 Å². The number of cyclic esters (lactones) is 1. The lowest BCUT2D eigenvalue weighted by atomic mass is 9.95. The van der Waals surface area contributed by atoms with Gasteiger partial charge in [0, 0.05) is 10.9 Å². The van der Waals surface area contributed by atoms with Crippen molar-refractivity contribution in [2.45, 2.75) is 6.18 Å². The van der Waals surface area contributed by atoms with Gasteiger partial charge in [-0.1, -0.05) is 24.3 Å². The lowest BCUT2D eigenvalue weighted by Crippen LogP contribution is -2.30. The van der Waals surface area contributed by atoms with Gasteiger partial charge in [-0.3, -0.25) is 5.10 Å². The molecule has 4 rings (SSSR count). The predicted molar refractivity (Wildman–Crippen MR) is 87.6 cm³/mol. The maximum Gasteiger partial charge on any atom is 0.428 e. The number of aromatic nitrogens is 2. The lowest BCUT2D eigenvalue weighted by molar-refractivity contribution is -0.137. The first kappa shape index (κ1) is 16.1. The van der Waals surface area contributed by atoms with E-state index >= 15 is 0 Å². The molecule has 0 spiro atoms. The van der Waals surface area contributed by atoms with Crippen LogP contribution in [0.3, 0.4) is 0 Å². The standard InChI is InChI=1S/C17H11F3N4O2/c18-17(19,20)13-5-10(15-8-26-16(25)24-23-15)3-4-12(13)9-1-2-11-7-21-22-14(11)6-9/h1-7H,8H2,(H,21,22)(H,24,25). The average Bonchev–Trinajstić information content (AvgIpc) is 3.09. The number of amides is 1. The number of carbonyl (C=O) groups is 1. The molecular weight excluding hydrogens is 349 g/mol. The number of fused-ring (bicyclic) bond motifs is 1. The van der Waals surface area contributed by atoms with E-state index in [0.717, 1.165) is 11.5 Å². The Hall–Kier alpha value is -3.36. The van der Waals surface area contributed by atoms with E-state index in [1.165, 1.54) is 12.1 Å². The zero-order valence-corrected chi connectivity index (χ0v) is 13.1. The summed E-state index contributed by atoms with van der Waals surface area (Å²) in [4.78, 5) is 11.0. The van der Waals surface area contributed by atoms with Crippen molar-refractivity contribution in [1.82, 2.24) is 15.6 Å². The molecule has 2 N–H and O–H groups in total. The van der Waals surface area contributed by atoms with Gasteiger partial charge in [-0.2, -0.15) is 23.4 Å². The maximum atomic E-state index is 13.6. The molecular formula is C17H11F3N4O2. The molecule has 0 aliphatic carbocycles. The Kier molecular flexibility index (Phi) is 3.64. The van der Waals surface area contributed by atoms with Crippen molar-refractivity contribution in [1.29, 1.82) is 0 Å². The Morgan fingerprint density at radius 3 is 2.62 bits per heavy atom. The van der Waals surface area contributed by atoms with E-state index in [0.29, 0.717) is 11.1 Å². The highest BCUT2D eigenvalue weighted by atomic mass is 19.4. The Bertz CT molecular complexity index is 1040. The molecule has 6 nitrogen and oxygen atoms in total. The number of hydrogen-bond donors (Lipinski definition) is 2. The summed E-state index contributed by atoms with van der Waals surface area (Å²) >= 11 is 0. The molecule has 26 heavy (non-hydrogen) atoms. The third-order valence-corrected chi connectivity index (χ3v) is 4.03. The van der Waals surface area contributed by atoms with Crippen molar-refractivity contribution in [2.75, 3.05) is 6.61 Å². The molecule has 132 valence electrons. The summed E-state index contributed by atoms with van der Waals surface area (Å²) in [7, 11) is 0. The van der Waals surface area contributed by atoms with Crippen LogP contribution in [0.5, 0.6) is 0 Å². The van der Waals surface area contributed by atoms with Gasteiger partial charge in [0.05, 0.1) is 17.3 Å². The highest BCUT2D eigenvalue weighted by Gasteiger charge is 2.34. The molecule has 0 saturated heterocycles. The number of hydrazone groups is 1. The molecule has 0 unspecified atom stereocenters. The van der Waals surface area contributed by atoms with Crippen molar-refractivity contribution >= 4 is 22.7 Å². The van der Waals surface area contributed by atoms with Crippen molar-refractivity contribution in [3.05, 3.63) is 53.7 Å². The number of carbonyl (C=O) groups excluding carboxylic acids is 1. The highest BCUT2D eigenvalue weighted by Crippen LogP contribution is 2.38. The second kappa shape index (κ2) is 5.87. The minimum Gasteiger partial charge on any atom is -0.442 e. The SMILES string of the molecule is O=C1NN=C(c2ccc(-c3ccc4cn[nH]c4c3)c(C(F)(F)F)c2)CO1. The van der Waals surface area contributed by atoms with Gasteiger partial charge in [-0.05, 0) is 23.3 Å². The summed E-state index contributed by atoms with van der Waals surface area (Å²) in [5.74, 6) is 0. The monoisotopic (exact) mass is 360 g/mol. The fraction of sp³-hybridized carbons (Fsp3) is 0.118. The Balaban J connectivity index is 1.83. The van der Waals surface area contributed by atoms with Crippen LogP contribution in [0.1, 0.15) is 11.1 Å². The Morgan fingerprint density at radius 2 is 1.88 bits per heavy atom. The molecule has 3 aromatic rings. The van der Waals surface area contributed by atoms with Crippen molar-refractivity contribution in [3.8, 4) is 11.1 Å². The summed E-state index contributed by atoms with van der Waals surface area (Å²) in [6.07, 6.45) is -3.70. The van der Waals surface area contributed by atoms with Gasteiger partial charge < -0.3 is 4.74 Å². The molecule has 1 aromatic heterocycles. The molecule has 0 bridgehead atoms. The zero-order chi connectivity index (χ0) is 18.3. The van der Waals surface area contributed by atoms with E-state index in [9.17, 15) is 18.0 Å². The van der Waals surface area contributed by atoms with E-state index in [4.69, 9.17) is 4.74 Å². The molecule has 1 amide bonds. The van der Waals surface area contributed by atoms with Gasteiger partial charge in [0.2, 0.25) is 0 Å². The van der Waals surface area contributed by atoms with Crippen LogP contribution in [-0.4, -0.2) is 28.6 Å². The largest absolute Gasteiger partial charge is 0.442 e. The molecule has 2 aromatic carbocycles. The molecule has 0 fully saturated rings. The second-order valence-corrected chi connectivity index (χ2v) is 5.68. The molecule has 1 aliphatic rings. The number of nitrogens with zero attached hydrogens (tertiary/aromatic N) is 2. The van der Waals surface area contributed by atoms with Gasteiger partial charge >= 0.3 is 12.3 Å². The van der Waals surface area contributed by atoms with Gasteiger partial charge in [-0.15, -0.1) is 0 Å². The number of alkyl halides is 3. The van der Waals surface area contributed by atoms with E-state index in [1.807, 2.05) is 0 Å². The Labute approximate surface area is 144 Å². The lowest BCUT2D eigenvalue weighted by Gasteiger charge is -2.17. The van der Waals surface area contributed by atoms with Crippen LogP contribution >= 0.6 is 0 Å². The van der Waals surface area contributed by atoms with E-state index in [1.54, 1.807) is 24.4 Å². The molecule has 0 saturated carbocycles. The van der Waals surface area contributed by atoms with Crippen molar-refractivity contribution in [3.63, 3.8) is 0 Å². The summed E-state index contributed by atoms with van der Waals surface area (Å²) in [6, 6.07) is 8.84. The van der Waals surface area contributed by atoms with Crippen LogP contribution in [0.15, 0.2) is 47.7 Å². The van der Waals surface area contributed by atoms with Gasteiger partial charge in [0.25, 0.3) is 0 Å². The van der Waals surface area contributed by atoms with Crippen LogP contribution in [0, 0.1) is 0 Å². The van der Waals surface area contributed by atoms with Gasteiger partial charge in [0.15, 0.2) is 0 Å². The molecule has 2 heterocycles. The fourth-order valence-electron chi connectivity index (χ4n) is 2.77. The first-order chi connectivity index (χ1) is 12.4. The molecule has 0 atom stereocenters. The third-order valence-electron chi connectivity index (χ3n) is 4.03. The molecule has 1 aliphatic heterocycles.